The van der Waals surface area contributed by atoms with Crippen LogP contribution in [0, 0.1) is 11.3 Å². The van der Waals surface area contributed by atoms with Gasteiger partial charge in [-0.05, 0) is 36.4 Å². The standard InChI is InChI=1S/C27H23Cl2N7O2/c1-38-26-24(27(37)33-35-14-12-34(13-15-35)23-11-6-18(16-30)17-31-23)32-36(22-5-3-2-4-21(22)29)25(26)19-7-9-20(28)10-8-19/h2-11,17H,12-15H2,1H3,(H,33,37). The Morgan fingerprint density at radius 2 is 1.76 bits per heavy atom. The molecule has 0 unspecified atom stereocenters. The number of piperazine rings is 1. The molecule has 0 radical (unpaired) electrons. The van der Waals surface area contributed by atoms with E-state index in [0.717, 1.165) is 11.4 Å². The number of anilines is 1. The number of halogens is 2. The summed E-state index contributed by atoms with van der Waals surface area (Å²) >= 11 is 12.6. The first-order chi connectivity index (χ1) is 18.5. The maximum absolute atomic E-state index is 13.5. The number of hydrogen-bond donors (Lipinski definition) is 1. The van der Waals surface area contributed by atoms with Crippen LogP contribution in [0.5, 0.6) is 5.75 Å². The molecule has 0 saturated carbocycles. The van der Waals surface area contributed by atoms with Crippen LogP contribution in [0.25, 0.3) is 16.9 Å². The van der Waals surface area contributed by atoms with Gasteiger partial charge in [0.2, 0.25) is 0 Å². The van der Waals surface area contributed by atoms with Gasteiger partial charge in [0.1, 0.15) is 17.6 Å². The van der Waals surface area contributed by atoms with Gasteiger partial charge in [-0.25, -0.2) is 14.7 Å². The third kappa shape index (κ3) is 5.15. The third-order valence-electron chi connectivity index (χ3n) is 6.20. The normalized spacial score (nSPS) is 13.7. The monoisotopic (exact) mass is 547 g/mol. The van der Waals surface area contributed by atoms with Gasteiger partial charge in [0, 0.05) is 43.0 Å². The number of benzene rings is 2. The number of pyridine rings is 1. The van der Waals surface area contributed by atoms with Gasteiger partial charge < -0.3 is 9.64 Å². The van der Waals surface area contributed by atoms with Gasteiger partial charge in [0.25, 0.3) is 5.91 Å². The number of nitrogens with one attached hydrogen (secondary N) is 1. The summed E-state index contributed by atoms with van der Waals surface area (Å²) in [6.45, 7) is 2.46. The molecule has 1 saturated heterocycles. The topological polar surface area (TPSA) is 99.3 Å². The Morgan fingerprint density at radius 1 is 1.03 bits per heavy atom. The van der Waals surface area contributed by atoms with Crippen molar-refractivity contribution in [2.75, 3.05) is 38.2 Å². The molecule has 1 amide bonds. The van der Waals surface area contributed by atoms with Crippen LogP contribution in [0.15, 0.2) is 66.9 Å². The zero-order valence-electron chi connectivity index (χ0n) is 20.4. The van der Waals surface area contributed by atoms with Crippen molar-refractivity contribution in [3.8, 4) is 28.8 Å². The minimum absolute atomic E-state index is 0.133. The molecule has 1 N–H and O–H groups in total. The Kier molecular flexibility index (Phi) is 7.47. The number of amides is 1. The number of methoxy groups -OCH3 is 1. The zero-order valence-corrected chi connectivity index (χ0v) is 21.9. The number of hydrazine groups is 1. The van der Waals surface area contributed by atoms with Crippen molar-refractivity contribution in [2.45, 2.75) is 0 Å². The first-order valence-corrected chi connectivity index (χ1v) is 12.6. The van der Waals surface area contributed by atoms with Crippen molar-refractivity contribution in [3.05, 3.63) is 88.2 Å². The lowest BCUT2D eigenvalue weighted by molar-refractivity contribution is 0.0768. The number of nitrogens with zero attached hydrogens (tertiary/aromatic N) is 6. The van der Waals surface area contributed by atoms with Crippen LogP contribution in [0.1, 0.15) is 16.1 Å². The fraction of sp³-hybridized carbons (Fsp3) is 0.185. The van der Waals surface area contributed by atoms with E-state index in [9.17, 15) is 4.79 Å². The third-order valence-corrected chi connectivity index (χ3v) is 6.77. The van der Waals surface area contributed by atoms with E-state index in [-0.39, 0.29) is 5.69 Å². The molecule has 4 aromatic rings. The van der Waals surface area contributed by atoms with Crippen molar-refractivity contribution >= 4 is 34.9 Å². The molecule has 1 aliphatic rings. The summed E-state index contributed by atoms with van der Waals surface area (Å²) < 4.78 is 7.35. The molecule has 2 aromatic carbocycles. The summed E-state index contributed by atoms with van der Waals surface area (Å²) in [5.41, 5.74) is 5.57. The Balaban J connectivity index is 1.40. The molecule has 0 aliphatic carbocycles. The van der Waals surface area contributed by atoms with Crippen LogP contribution < -0.4 is 15.1 Å². The zero-order chi connectivity index (χ0) is 26.6. The summed E-state index contributed by atoms with van der Waals surface area (Å²) in [6.07, 6.45) is 1.56. The molecule has 1 fully saturated rings. The summed E-state index contributed by atoms with van der Waals surface area (Å²) in [6, 6.07) is 20.1. The lowest BCUT2D eigenvalue weighted by Gasteiger charge is -2.35. The van der Waals surface area contributed by atoms with Crippen molar-refractivity contribution in [1.29, 1.82) is 5.26 Å². The molecule has 1 aliphatic heterocycles. The largest absolute Gasteiger partial charge is 0.492 e. The summed E-state index contributed by atoms with van der Waals surface area (Å²) in [5.74, 6) is 0.723. The van der Waals surface area contributed by atoms with E-state index in [1.807, 2.05) is 41.4 Å². The number of carbonyl (C=O) groups excluding carboxylic acids is 1. The smallest absolute Gasteiger partial charge is 0.289 e. The predicted molar refractivity (Wildman–Crippen MR) is 146 cm³/mol. The Hall–Kier alpha value is -4.10. The summed E-state index contributed by atoms with van der Waals surface area (Å²) in [4.78, 5) is 19.9. The first-order valence-electron chi connectivity index (χ1n) is 11.8. The number of para-hydroxylation sites is 1. The van der Waals surface area contributed by atoms with E-state index in [2.05, 4.69) is 26.5 Å². The average molecular weight is 548 g/mol. The SMILES string of the molecule is COc1c(C(=O)NN2CCN(c3ccc(C#N)cn3)CC2)nn(-c2ccccc2Cl)c1-c1ccc(Cl)cc1. The van der Waals surface area contributed by atoms with Gasteiger partial charge in [-0.3, -0.25) is 10.2 Å². The van der Waals surface area contributed by atoms with E-state index < -0.39 is 5.91 Å². The van der Waals surface area contributed by atoms with Gasteiger partial charge >= 0.3 is 0 Å². The lowest BCUT2D eigenvalue weighted by atomic mass is 10.1. The second-order valence-electron chi connectivity index (χ2n) is 8.53. The van der Waals surface area contributed by atoms with E-state index in [4.69, 9.17) is 33.2 Å². The molecular formula is C27H23Cl2N7O2. The van der Waals surface area contributed by atoms with E-state index >= 15 is 0 Å². The number of hydrogen-bond acceptors (Lipinski definition) is 7. The Morgan fingerprint density at radius 3 is 2.39 bits per heavy atom. The first kappa shape index (κ1) is 25.5. The Bertz CT molecular complexity index is 1490. The fourth-order valence-corrected chi connectivity index (χ4v) is 4.63. The van der Waals surface area contributed by atoms with Gasteiger partial charge in [-0.2, -0.15) is 10.4 Å². The van der Waals surface area contributed by atoms with Gasteiger partial charge in [0.05, 0.1) is 23.4 Å². The predicted octanol–water partition coefficient (Wildman–Crippen LogP) is 4.59. The highest BCUT2D eigenvalue weighted by molar-refractivity contribution is 6.32. The fourth-order valence-electron chi connectivity index (χ4n) is 4.29. The minimum atomic E-state index is -0.396. The number of ether oxygens (including phenoxy) is 1. The molecule has 3 heterocycles. The summed E-state index contributed by atoms with van der Waals surface area (Å²) in [5, 5.41) is 16.5. The van der Waals surface area contributed by atoms with Crippen LogP contribution in [-0.2, 0) is 0 Å². The lowest BCUT2D eigenvalue weighted by Crippen LogP contribution is -2.53. The van der Waals surface area contributed by atoms with Crippen molar-refractivity contribution in [2.24, 2.45) is 0 Å². The molecule has 0 spiro atoms. The molecule has 11 heteroatoms. The number of carbonyl (C=O) groups is 1. The van der Waals surface area contributed by atoms with Crippen molar-refractivity contribution < 1.29 is 9.53 Å². The number of nitriles is 1. The number of rotatable bonds is 6. The van der Waals surface area contributed by atoms with Crippen LogP contribution >= 0.6 is 23.2 Å². The van der Waals surface area contributed by atoms with E-state index in [1.54, 1.807) is 35.1 Å². The molecule has 0 atom stereocenters. The molecule has 38 heavy (non-hydrogen) atoms. The van der Waals surface area contributed by atoms with Gasteiger partial charge in [0.15, 0.2) is 11.4 Å². The second kappa shape index (κ2) is 11.1. The average Bonchev–Trinajstić information content (AvgIpc) is 3.34. The Labute approximate surface area is 229 Å². The van der Waals surface area contributed by atoms with E-state index in [0.29, 0.717) is 58.9 Å². The minimum Gasteiger partial charge on any atom is -0.492 e. The highest BCUT2D eigenvalue weighted by Crippen LogP contribution is 2.37. The van der Waals surface area contributed by atoms with Crippen LogP contribution in [0.3, 0.4) is 0 Å². The van der Waals surface area contributed by atoms with E-state index in [1.165, 1.54) is 7.11 Å². The maximum atomic E-state index is 13.5. The quantitative estimate of drug-likeness (QED) is 0.376. The molecule has 9 nitrogen and oxygen atoms in total. The van der Waals surface area contributed by atoms with Crippen LogP contribution in [0.4, 0.5) is 5.82 Å². The molecule has 0 bridgehead atoms. The highest BCUT2D eigenvalue weighted by atomic mass is 35.5. The molecular weight excluding hydrogens is 525 g/mol. The summed E-state index contributed by atoms with van der Waals surface area (Å²) in [7, 11) is 1.51. The van der Waals surface area contributed by atoms with Crippen LogP contribution in [-0.4, -0.2) is 59.0 Å². The molecule has 5 rings (SSSR count). The van der Waals surface area contributed by atoms with Crippen molar-refractivity contribution in [3.63, 3.8) is 0 Å². The highest BCUT2D eigenvalue weighted by Gasteiger charge is 2.28. The maximum Gasteiger partial charge on any atom is 0.289 e. The van der Waals surface area contributed by atoms with Crippen molar-refractivity contribution in [1.82, 2.24) is 25.2 Å². The van der Waals surface area contributed by atoms with Gasteiger partial charge in [-0.1, -0.05) is 47.5 Å². The van der Waals surface area contributed by atoms with Crippen LogP contribution in [0.2, 0.25) is 10.0 Å². The van der Waals surface area contributed by atoms with Gasteiger partial charge in [-0.15, -0.1) is 0 Å². The number of aromatic nitrogens is 3. The molecule has 2 aromatic heterocycles. The second-order valence-corrected chi connectivity index (χ2v) is 9.38. The molecule has 192 valence electrons.